The van der Waals surface area contributed by atoms with Gasteiger partial charge in [0, 0.05) is 31.2 Å². The van der Waals surface area contributed by atoms with Gasteiger partial charge in [0.2, 0.25) is 0 Å². The Morgan fingerprint density at radius 1 is 1.42 bits per heavy atom. The number of hydrogen-bond acceptors (Lipinski definition) is 4. The summed E-state index contributed by atoms with van der Waals surface area (Å²) >= 11 is 0. The van der Waals surface area contributed by atoms with Crippen molar-refractivity contribution in [2.24, 2.45) is 17.8 Å². The zero-order chi connectivity index (χ0) is 19.5. The molecule has 2 aliphatic rings. The van der Waals surface area contributed by atoms with E-state index in [-0.39, 0.29) is 23.6 Å². The lowest BCUT2D eigenvalue weighted by molar-refractivity contribution is -0.178. The van der Waals surface area contributed by atoms with Crippen molar-refractivity contribution in [2.75, 3.05) is 19.0 Å². The largest absolute Gasteiger partial charge is 0.483 e. The second-order valence-electron chi connectivity index (χ2n) is 6.34. The molecule has 0 aromatic heterocycles. The maximum Gasteiger partial charge on any atom is 0.417 e. The summed E-state index contributed by atoms with van der Waals surface area (Å²) in [5, 5.41) is 18.8. The monoisotopic (exact) mass is 368 g/mol. The molecular formula is C18H19F3N2O3. The number of hydrogen-bond donors (Lipinski definition) is 2. The number of rotatable bonds is 4. The van der Waals surface area contributed by atoms with Crippen LogP contribution in [0.4, 0.5) is 18.9 Å². The molecule has 0 heterocycles. The Morgan fingerprint density at radius 2 is 2.08 bits per heavy atom. The first-order chi connectivity index (χ1) is 12.2. The third-order valence-electron chi connectivity index (χ3n) is 5.23. The van der Waals surface area contributed by atoms with Crippen LogP contribution >= 0.6 is 0 Å². The molecule has 0 aliphatic heterocycles. The molecule has 0 amide bonds. The number of anilines is 1. The minimum atomic E-state index is -4.54. The number of alkyl halides is 3. The zero-order valence-corrected chi connectivity index (χ0v) is 14.2. The van der Waals surface area contributed by atoms with Crippen molar-refractivity contribution in [2.45, 2.75) is 18.7 Å². The summed E-state index contributed by atoms with van der Waals surface area (Å²) in [6.45, 7) is 2.31. The Morgan fingerprint density at radius 3 is 2.54 bits per heavy atom. The van der Waals surface area contributed by atoms with E-state index >= 15 is 0 Å². The lowest BCUT2D eigenvalue weighted by Crippen LogP contribution is -2.65. The number of carbonyl (C=O) groups is 1. The van der Waals surface area contributed by atoms with Gasteiger partial charge in [-0.3, -0.25) is 4.79 Å². The highest BCUT2D eigenvalue weighted by Crippen LogP contribution is 2.57. The predicted octanol–water partition coefficient (Wildman–Crippen LogP) is 3.53. The lowest BCUT2D eigenvalue weighted by atomic mass is 9.49. The summed E-state index contributed by atoms with van der Waals surface area (Å²) in [7, 11) is 1.67. The molecule has 4 atom stereocenters. The van der Waals surface area contributed by atoms with E-state index in [2.05, 4.69) is 17.5 Å². The number of nitrogens with one attached hydrogen (secondary N) is 1. The van der Waals surface area contributed by atoms with Crippen LogP contribution < -0.4 is 5.32 Å². The van der Waals surface area contributed by atoms with Crippen LogP contribution in [0.5, 0.6) is 0 Å². The van der Waals surface area contributed by atoms with E-state index in [9.17, 15) is 13.2 Å². The fraction of sp³-hybridized carbons (Fsp3) is 0.444. The molecule has 2 N–H and O–H groups in total. The van der Waals surface area contributed by atoms with Gasteiger partial charge < -0.3 is 15.2 Å². The van der Waals surface area contributed by atoms with Crippen molar-refractivity contribution < 1.29 is 27.8 Å². The second-order valence-corrected chi connectivity index (χ2v) is 6.34. The van der Waals surface area contributed by atoms with Gasteiger partial charge in [-0.25, -0.2) is 0 Å². The van der Waals surface area contributed by atoms with Gasteiger partial charge in [-0.2, -0.15) is 18.4 Å². The van der Waals surface area contributed by atoms with Crippen LogP contribution in [0.3, 0.4) is 0 Å². The molecule has 140 valence electrons. The first kappa shape index (κ1) is 19.8. The van der Waals surface area contributed by atoms with Gasteiger partial charge in [-0.15, -0.1) is 0 Å². The molecule has 1 aromatic rings. The average Bonchev–Trinajstić information content (AvgIpc) is 2.56. The summed E-state index contributed by atoms with van der Waals surface area (Å²) in [5.41, 5.74) is -1.18. The molecule has 5 nitrogen and oxygen atoms in total. The van der Waals surface area contributed by atoms with Crippen molar-refractivity contribution in [3.63, 3.8) is 0 Å². The van der Waals surface area contributed by atoms with Crippen LogP contribution in [-0.4, -0.2) is 30.8 Å². The first-order valence-electron chi connectivity index (χ1n) is 7.89. The number of benzene rings is 1. The molecule has 0 saturated heterocycles. The summed E-state index contributed by atoms with van der Waals surface area (Å²) < 4.78 is 44.6. The minimum absolute atomic E-state index is 0.215. The van der Waals surface area contributed by atoms with Crippen LogP contribution in [0.2, 0.25) is 0 Å². The van der Waals surface area contributed by atoms with E-state index in [4.69, 9.17) is 19.9 Å². The lowest BCUT2D eigenvalue weighted by Gasteiger charge is -2.61. The summed E-state index contributed by atoms with van der Waals surface area (Å²) in [6, 6.07) is 5.29. The number of methoxy groups -OCH3 is 1. The molecule has 2 aliphatic carbocycles. The smallest absolute Gasteiger partial charge is 0.417 e. The van der Waals surface area contributed by atoms with Crippen molar-refractivity contribution in [3.8, 4) is 6.07 Å². The summed E-state index contributed by atoms with van der Waals surface area (Å²) in [6.07, 6.45) is -0.298. The standard InChI is InChI=1S/C17H17F3N2O.CH2O2/c1-16(23-2)13-6-5-12(13)15(16)9-22-11-4-3-10(8-21)14(7-11)17(18,19)20;2-1-3/h3-7,12-13,15,22H,9H2,1-2H3;1H,(H,2,3). The van der Waals surface area contributed by atoms with Gasteiger partial charge in [-0.1, -0.05) is 12.2 Å². The molecule has 0 bridgehead atoms. The van der Waals surface area contributed by atoms with E-state index in [1.54, 1.807) is 13.2 Å². The quantitative estimate of drug-likeness (QED) is 0.628. The summed E-state index contributed by atoms with van der Waals surface area (Å²) in [5.74, 6) is 1.03. The fourth-order valence-electron chi connectivity index (χ4n) is 3.66. The van der Waals surface area contributed by atoms with Gasteiger partial charge in [-0.05, 0) is 31.0 Å². The Hall–Kier alpha value is -2.53. The highest BCUT2D eigenvalue weighted by molar-refractivity contribution is 5.53. The van der Waals surface area contributed by atoms with E-state index in [0.717, 1.165) is 6.07 Å². The predicted molar refractivity (Wildman–Crippen MR) is 88.4 cm³/mol. The molecular weight excluding hydrogens is 349 g/mol. The molecule has 3 rings (SSSR count). The van der Waals surface area contributed by atoms with Crippen LogP contribution in [0.25, 0.3) is 0 Å². The highest BCUT2D eigenvalue weighted by atomic mass is 19.4. The number of carboxylic acid groups (broad SMARTS) is 1. The number of fused-ring (bicyclic) bond motifs is 1. The number of nitrogens with zero attached hydrogens (tertiary/aromatic N) is 1. The minimum Gasteiger partial charge on any atom is -0.483 e. The van der Waals surface area contributed by atoms with Crippen LogP contribution in [0.15, 0.2) is 30.4 Å². The third kappa shape index (κ3) is 3.40. The number of ether oxygens (including phenoxy) is 1. The maximum atomic E-state index is 13.0. The number of nitriles is 1. The van der Waals surface area contributed by atoms with Crippen molar-refractivity contribution in [3.05, 3.63) is 41.5 Å². The van der Waals surface area contributed by atoms with E-state index in [0.29, 0.717) is 24.1 Å². The molecule has 26 heavy (non-hydrogen) atoms. The molecule has 0 spiro atoms. The van der Waals surface area contributed by atoms with Gasteiger partial charge >= 0.3 is 6.18 Å². The summed E-state index contributed by atoms with van der Waals surface area (Å²) in [4.78, 5) is 8.36. The Kier molecular flexibility index (Phi) is 5.62. The fourth-order valence-corrected chi connectivity index (χ4v) is 3.66. The highest BCUT2D eigenvalue weighted by Gasteiger charge is 2.60. The molecule has 1 aromatic carbocycles. The first-order valence-corrected chi connectivity index (χ1v) is 7.89. The molecule has 8 heteroatoms. The Balaban J connectivity index is 0.000000758. The van der Waals surface area contributed by atoms with Crippen LogP contribution in [0, 0.1) is 29.1 Å². The van der Waals surface area contributed by atoms with Gasteiger partial charge in [0.15, 0.2) is 0 Å². The van der Waals surface area contributed by atoms with Gasteiger partial charge in [0.05, 0.1) is 22.8 Å². The van der Waals surface area contributed by atoms with E-state index < -0.39 is 11.7 Å². The second kappa shape index (κ2) is 7.38. The zero-order valence-electron chi connectivity index (χ0n) is 14.2. The number of halogens is 3. The van der Waals surface area contributed by atoms with Crippen molar-refractivity contribution in [1.29, 1.82) is 5.26 Å². The van der Waals surface area contributed by atoms with Gasteiger partial charge in [0.1, 0.15) is 0 Å². The normalized spacial score (nSPS) is 28.4. The van der Waals surface area contributed by atoms with Gasteiger partial charge in [0.25, 0.3) is 6.47 Å². The topological polar surface area (TPSA) is 82.3 Å². The third-order valence-corrected chi connectivity index (χ3v) is 5.23. The van der Waals surface area contributed by atoms with Crippen LogP contribution in [-0.2, 0) is 15.7 Å². The van der Waals surface area contributed by atoms with Crippen molar-refractivity contribution in [1.82, 2.24) is 0 Å². The Labute approximate surface area is 149 Å². The molecule has 1 fully saturated rings. The van der Waals surface area contributed by atoms with E-state index in [1.807, 2.05) is 6.92 Å². The number of allylic oxidation sites excluding steroid dienone is 1. The average molecular weight is 368 g/mol. The molecule has 4 unspecified atom stereocenters. The maximum absolute atomic E-state index is 13.0. The van der Waals surface area contributed by atoms with Crippen molar-refractivity contribution >= 4 is 12.2 Å². The Bertz CT molecular complexity index is 742. The molecule has 1 saturated carbocycles. The molecule has 0 radical (unpaired) electrons. The van der Waals surface area contributed by atoms with E-state index in [1.165, 1.54) is 12.1 Å². The van der Waals surface area contributed by atoms with Crippen LogP contribution in [0.1, 0.15) is 18.1 Å². The SMILES string of the molecule is COC1(C)C2C=CC2C1CNc1ccc(C#N)c(C(F)(F)F)c1.O=CO.